The van der Waals surface area contributed by atoms with E-state index in [-0.39, 0.29) is 0 Å². The fraction of sp³-hybridized carbons (Fsp3) is 0.0769. The SMILES string of the molecule is Cn1nc(-c2ccoc2Br)c(-c2ccccn2)c1N. The molecular formula is C13H11BrN4O. The van der Waals surface area contributed by atoms with Crippen molar-refractivity contribution in [3.05, 3.63) is 41.4 Å². The van der Waals surface area contributed by atoms with Gasteiger partial charge in [0.1, 0.15) is 11.5 Å². The van der Waals surface area contributed by atoms with Crippen molar-refractivity contribution in [2.75, 3.05) is 5.73 Å². The third-order valence-electron chi connectivity index (χ3n) is 2.89. The molecule has 0 saturated heterocycles. The summed E-state index contributed by atoms with van der Waals surface area (Å²) in [6.07, 6.45) is 3.34. The van der Waals surface area contributed by atoms with Gasteiger partial charge in [0.15, 0.2) is 4.67 Å². The van der Waals surface area contributed by atoms with Crippen LogP contribution in [0.15, 0.2) is 45.8 Å². The molecule has 0 unspecified atom stereocenters. The van der Waals surface area contributed by atoms with E-state index in [0.29, 0.717) is 10.5 Å². The van der Waals surface area contributed by atoms with Crippen LogP contribution in [0.5, 0.6) is 0 Å². The fourth-order valence-electron chi connectivity index (χ4n) is 1.95. The summed E-state index contributed by atoms with van der Waals surface area (Å²) in [6, 6.07) is 7.54. The van der Waals surface area contributed by atoms with Crippen LogP contribution in [-0.4, -0.2) is 14.8 Å². The van der Waals surface area contributed by atoms with Gasteiger partial charge in [-0.2, -0.15) is 5.10 Å². The second-order valence-electron chi connectivity index (χ2n) is 4.06. The molecule has 3 heterocycles. The molecule has 0 spiro atoms. The molecule has 0 aliphatic carbocycles. The molecule has 19 heavy (non-hydrogen) atoms. The first-order valence-corrected chi connectivity index (χ1v) is 6.45. The third kappa shape index (κ3) is 1.94. The van der Waals surface area contributed by atoms with Crippen LogP contribution in [0, 0.1) is 0 Å². The van der Waals surface area contributed by atoms with Crippen LogP contribution in [-0.2, 0) is 7.05 Å². The minimum Gasteiger partial charge on any atom is -0.457 e. The van der Waals surface area contributed by atoms with Crippen LogP contribution in [0.3, 0.4) is 0 Å². The van der Waals surface area contributed by atoms with E-state index < -0.39 is 0 Å². The number of aromatic nitrogens is 3. The van der Waals surface area contributed by atoms with Crippen molar-refractivity contribution in [1.29, 1.82) is 0 Å². The Labute approximate surface area is 118 Å². The second-order valence-corrected chi connectivity index (χ2v) is 4.78. The maximum absolute atomic E-state index is 6.11. The lowest BCUT2D eigenvalue weighted by Crippen LogP contribution is -1.98. The van der Waals surface area contributed by atoms with E-state index in [1.54, 1.807) is 24.2 Å². The Morgan fingerprint density at radius 1 is 1.32 bits per heavy atom. The Morgan fingerprint density at radius 2 is 2.16 bits per heavy atom. The number of furan rings is 1. The molecule has 0 bridgehead atoms. The maximum Gasteiger partial charge on any atom is 0.178 e. The van der Waals surface area contributed by atoms with Crippen LogP contribution in [0.4, 0.5) is 5.82 Å². The van der Waals surface area contributed by atoms with Crippen molar-refractivity contribution in [1.82, 2.24) is 14.8 Å². The van der Waals surface area contributed by atoms with Crippen molar-refractivity contribution in [3.63, 3.8) is 0 Å². The number of pyridine rings is 1. The first kappa shape index (κ1) is 12.0. The standard InChI is InChI=1S/C13H11BrN4O/c1-18-13(15)10(9-4-2-3-6-16-9)11(17-18)8-5-7-19-12(8)14/h2-7H,15H2,1H3. The molecule has 0 radical (unpaired) electrons. The highest BCUT2D eigenvalue weighted by molar-refractivity contribution is 9.10. The summed E-state index contributed by atoms with van der Waals surface area (Å²) in [5.74, 6) is 0.571. The Morgan fingerprint density at radius 3 is 2.79 bits per heavy atom. The lowest BCUT2D eigenvalue weighted by atomic mass is 10.1. The first-order valence-electron chi connectivity index (χ1n) is 5.65. The van der Waals surface area contributed by atoms with Crippen LogP contribution in [0.25, 0.3) is 22.5 Å². The van der Waals surface area contributed by atoms with Crippen molar-refractivity contribution in [2.45, 2.75) is 0 Å². The number of rotatable bonds is 2. The first-order chi connectivity index (χ1) is 9.18. The van der Waals surface area contributed by atoms with Crippen molar-refractivity contribution >= 4 is 21.7 Å². The molecule has 3 aromatic rings. The lowest BCUT2D eigenvalue weighted by Gasteiger charge is -2.01. The third-order valence-corrected chi connectivity index (χ3v) is 3.50. The molecule has 6 heteroatoms. The maximum atomic E-state index is 6.11. The molecule has 0 saturated carbocycles. The highest BCUT2D eigenvalue weighted by Crippen LogP contribution is 2.38. The topological polar surface area (TPSA) is 69.9 Å². The quantitative estimate of drug-likeness (QED) is 0.788. The van der Waals surface area contributed by atoms with E-state index in [4.69, 9.17) is 10.2 Å². The monoisotopic (exact) mass is 318 g/mol. The Hall–Kier alpha value is -2.08. The predicted octanol–water partition coefficient (Wildman–Crippen LogP) is 3.09. The summed E-state index contributed by atoms with van der Waals surface area (Å²) in [7, 11) is 1.80. The number of nitrogen functional groups attached to an aromatic ring is 1. The number of halogens is 1. The average molecular weight is 319 g/mol. The predicted molar refractivity (Wildman–Crippen MR) is 76.3 cm³/mol. The van der Waals surface area contributed by atoms with Gasteiger partial charge in [-0.15, -0.1) is 0 Å². The Bertz CT molecular complexity index is 718. The molecule has 2 N–H and O–H groups in total. The Balaban J connectivity index is 2.28. The lowest BCUT2D eigenvalue weighted by molar-refractivity contribution is 0.542. The second kappa shape index (κ2) is 4.55. The zero-order valence-electron chi connectivity index (χ0n) is 10.2. The molecule has 3 aromatic heterocycles. The molecule has 3 rings (SSSR count). The minimum absolute atomic E-state index is 0.571. The smallest absolute Gasteiger partial charge is 0.178 e. The Kier molecular flexibility index (Phi) is 2.87. The average Bonchev–Trinajstić information content (AvgIpc) is 2.96. The van der Waals surface area contributed by atoms with Crippen molar-refractivity contribution in [2.24, 2.45) is 7.05 Å². The van der Waals surface area contributed by atoms with Gasteiger partial charge in [-0.25, -0.2) is 0 Å². The highest BCUT2D eigenvalue weighted by atomic mass is 79.9. The van der Waals surface area contributed by atoms with E-state index in [1.807, 2.05) is 24.3 Å². The molecule has 0 amide bonds. The summed E-state index contributed by atoms with van der Waals surface area (Å²) in [5, 5.41) is 4.45. The molecule has 0 aromatic carbocycles. The van der Waals surface area contributed by atoms with Gasteiger partial charge in [0.05, 0.1) is 23.1 Å². The zero-order chi connectivity index (χ0) is 13.4. The van der Waals surface area contributed by atoms with Crippen LogP contribution in [0.1, 0.15) is 0 Å². The van der Waals surface area contributed by atoms with Crippen molar-refractivity contribution in [3.8, 4) is 22.5 Å². The normalized spacial score (nSPS) is 10.8. The van der Waals surface area contributed by atoms with Gasteiger partial charge in [0, 0.05) is 13.2 Å². The van der Waals surface area contributed by atoms with Crippen LogP contribution in [0.2, 0.25) is 0 Å². The fourth-order valence-corrected chi connectivity index (χ4v) is 2.38. The van der Waals surface area contributed by atoms with E-state index in [9.17, 15) is 0 Å². The highest BCUT2D eigenvalue weighted by Gasteiger charge is 2.21. The number of aryl methyl sites for hydroxylation is 1. The summed E-state index contributed by atoms with van der Waals surface area (Å²) in [5.41, 5.74) is 9.31. The summed E-state index contributed by atoms with van der Waals surface area (Å²) >= 11 is 3.37. The van der Waals surface area contributed by atoms with E-state index >= 15 is 0 Å². The largest absolute Gasteiger partial charge is 0.457 e. The zero-order valence-corrected chi connectivity index (χ0v) is 11.8. The summed E-state index contributed by atoms with van der Waals surface area (Å²) in [6.45, 7) is 0. The number of hydrogen-bond acceptors (Lipinski definition) is 4. The van der Waals surface area contributed by atoms with E-state index in [0.717, 1.165) is 22.5 Å². The van der Waals surface area contributed by atoms with Crippen LogP contribution >= 0.6 is 15.9 Å². The molecule has 0 aliphatic heterocycles. The van der Waals surface area contributed by atoms with Gasteiger partial charge in [-0.05, 0) is 34.1 Å². The minimum atomic E-state index is 0.571. The molecule has 0 fully saturated rings. The number of nitrogens with zero attached hydrogens (tertiary/aromatic N) is 3. The van der Waals surface area contributed by atoms with Crippen molar-refractivity contribution < 1.29 is 4.42 Å². The molecule has 5 nitrogen and oxygen atoms in total. The summed E-state index contributed by atoms with van der Waals surface area (Å²) in [4.78, 5) is 4.34. The molecule has 96 valence electrons. The van der Waals surface area contributed by atoms with E-state index in [1.165, 1.54) is 0 Å². The van der Waals surface area contributed by atoms with Gasteiger partial charge >= 0.3 is 0 Å². The number of hydrogen-bond donors (Lipinski definition) is 1. The van der Waals surface area contributed by atoms with Gasteiger partial charge in [0.25, 0.3) is 0 Å². The number of nitrogens with two attached hydrogens (primary N) is 1. The molecular weight excluding hydrogens is 308 g/mol. The summed E-state index contributed by atoms with van der Waals surface area (Å²) < 4.78 is 7.53. The number of anilines is 1. The van der Waals surface area contributed by atoms with Crippen LogP contribution < -0.4 is 5.73 Å². The molecule has 0 atom stereocenters. The van der Waals surface area contributed by atoms with Gasteiger partial charge < -0.3 is 10.2 Å². The van der Waals surface area contributed by atoms with Gasteiger partial charge in [0.2, 0.25) is 0 Å². The van der Waals surface area contributed by atoms with Gasteiger partial charge in [-0.3, -0.25) is 9.67 Å². The molecule has 0 aliphatic rings. The van der Waals surface area contributed by atoms with Gasteiger partial charge in [-0.1, -0.05) is 6.07 Å². The van der Waals surface area contributed by atoms with E-state index in [2.05, 4.69) is 26.0 Å².